The number of hydrogen-bond acceptors (Lipinski definition) is 6. The minimum atomic E-state index is -4.92. The predicted molar refractivity (Wildman–Crippen MR) is 109 cm³/mol. The Labute approximate surface area is 185 Å². The zero-order chi connectivity index (χ0) is 23.7. The normalized spacial score (nSPS) is 55.8. The van der Waals surface area contributed by atoms with E-state index in [1.165, 1.54) is 6.08 Å². The van der Waals surface area contributed by atoms with Crippen molar-refractivity contribution in [3.8, 4) is 0 Å². The van der Waals surface area contributed by atoms with E-state index >= 15 is 4.39 Å². The van der Waals surface area contributed by atoms with Gasteiger partial charge in [0, 0.05) is 22.2 Å². The number of carbonyl (C=O) groups is 2. The first-order valence-electron chi connectivity index (χ1n) is 11.2. The average molecular weight is 472 g/mol. The SMILES string of the molecule is C[C@H]1C[C@H]2[C@@H]3CCC45C=CC(=O)C4[C@]5(C)[C@@]3(F)[C@@H](O)C[C@]2(C)[C@@]1(O)C(=O)COP(=O)(O)O. The number of carbonyl (C=O) groups excluding carboxylic acids is 2. The third-order valence-corrected chi connectivity index (χ3v) is 10.9. The van der Waals surface area contributed by atoms with Gasteiger partial charge >= 0.3 is 7.82 Å². The molecule has 32 heavy (non-hydrogen) atoms. The number of ketones is 2. The van der Waals surface area contributed by atoms with Gasteiger partial charge in [-0.3, -0.25) is 14.1 Å². The summed E-state index contributed by atoms with van der Waals surface area (Å²) in [5.41, 5.74) is -6.85. The number of allylic oxidation sites excluding steroid dienone is 2. The molecule has 0 aliphatic heterocycles. The van der Waals surface area contributed by atoms with Gasteiger partial charge in [-0.1, -0.05) is 26.8 Å². The molecule has 0 aromatic carbocycles. The van der Waals surface area contributed by atoms with Crippen LogP contribution in [-0.2, 0) is 18.7 Å². The van der Waals surface area contributed by atoms with Crippen LogP contribution in [0.15, 0.2) is 12.2 Å². The Morgan fingerprint density at radius 1 is 1.31 bits per heavy atom. The minimum absolute atomic E-state index is 0.105. The first-order chi connectivity index (χ1) is 14.6. The molecule has 0 aromatic heterocycles. The van der Waals surface area contributed by atoms with Gasteiger partial charge in [0.15, 0.2) is 11.6 Å². The molecule has 178 valence electrons. The molecule has 4 saturated carbocycles. The summed E-state index contributed by atoms with van der Waals surface area (Å²) in [5, 5.41) is 22.9. The largest absolute Gasteiger partial charge is 0.470 e. The maximum Gasteiger partial charge on any atom is 0.470 e. The van der Waals surface area contributed by atoms with Crippen LogP contribution in [0.25, 0.3) is 0 Å². The molecule has 8 nitrogen and oxygen atoms in total. The maximum atomic E-state index is 17.1. The highest BCUT2D eigenvalue weighted by atomic mass is 31.2. The van der Waals surface area contributed by atoms with E-state index in [-0.39, 0.29) is 12.2 Å². The summed E-state index contributed by atoms with van der Waals surface area (Å²) >= 11 is 0. The third-order valence-electron chi connectivity index (χ3n) is 10.4. The number of fused-ring (bicyclic) bond motifs is 5. The fourth-order valence-corrected chi connectivity index (χ4v) is 9.25. The number of phosphoric ester groups is 1. The summed E-state index contributed by atoms with van der Waals surface area (Å²) in [6.07, 6.45) is 3.01. The van der Waals surface area contributed by atoms with Gasteiger partial charge < -0.3 is 20.0 Å². The van der Waals surface area contributed by atoms with Gasteiger partial charge in [0.25, 0.3) is 0 Å². The molecule has 0 aromatic rings. The number of Topliss-reactive ketones (excluding diaryl/α,β-unsaturated/α-hetero) is 1. The van der Waals surface area contributed by atoms with Crippen molar-refractivity contribution in [3.63, 3.8) is 0 Å². The van der Waals surface area contributed by atoms with Crippen LogP contribution >= 0.6 is 7.82 Å². The van der Waals surface area contributed by atoms with E-state index in [0.29, 0.717) is 19.3 Å². The van der Waals surface area contributed by atoms with Crippen LogP contribution in [-0.4, -0.2) is 55.5 Å². The lowest BCUT2D eigenvalue weighted by molar-refractivity contribution is -0.223. The number of phosphoric acid groups is 1. The molecule has 5 aliphatic rings. The van der Waals surface area contributed by atoms with Crippen molar-refractivity contribution < 1.29 is 43.1 Å². The van der Waals surface area contributed by atoms with Crippen molar-refractivity contribution in [3.05, 3.63) is 12.2 Å². The molecule has 10 heteroatoms. The average Bonchev–Trinajstić information content (AvgIpc) is 2.98. The van der Waals surface area contributed by atoms with E-state index in [1.807, 2.05) is 6.08 Å². The van der Waals surface area contributed by atoms with Gasteiger partial charge in [-0.2, -0.15) is 0 Å². The summed E-state index contributed by atoms with van der Waals surface area (Å²) in [4.78, 5) is 43.5. The molecular weight excluding hydrogens is 442 g/mol. The van der Waals surface area contributed by atoms with E-state index in [0.717, 1.165) is 0 Å². The maximum absolute atomic E-state index is 17.1. The second-order valence-electron chi connectivity index (χ2n) is 11.2. The van der Waals surface area contributed by atoms with Crippen LogP contribution in [0.1, 0.15) is 46.5 Å². The molecule has 5 aliphatic carbocycles. The molecule has 1 spiro atoms. The summed E-state index contributed by atoms with van der Waals surface area (Å²) < 4.78 is 32.5. The van der Waals surface area contributed by atoms with E-state index in [2.05, 4.69) is 4.52 Å². The predicted octanol–water partition coefficient (Wildman–Crippen LogP) is 1.70. The number of aliphatic hydroxyl groups is 2. The van der Waals surface area contributed by atoms with Crippen LogP contribution < -0.4 is 0 Å². The van der Waals surface area contributed by atoms with Gasteiger partial charge in [-0.05, 0) is 49.5 Å². The van der Waals surface area contributed by atoms with E-state index in [1.54, 1.807) is 20.8 Å². The Morgan fingerprint density at radius 2 is 1.97 bits per heavy atom. The van der Waals surface area contributed by atoms with Gasteiger partial charge in [0.1, 0.15) is 17.9 Å². The lowest BCUT2D eigenvalue weighted by Gasteiger charge is -2.59. The fourth-order valence-electron chi connectivity index (χ4n) is 8.97. The van der Waals surface area contributed by atoms with Crippen LogP contribution in [0.4, 0.5) is 4.39 Å². The molecule has 0 saturated heterocycles. The number of alkyl halides is 1. The zero-order valence-electron chi connectivity index (χ0n) is 18.3. The van der Waals surface area contributed by atoms with Crippen molar-refractivity contribution in [2.75, 3.05) is 6.61 Å². The molecule has 0 bridgehead atoms. The molecule has 4 N–H and O–H groups in total. The summed E-state index contributed by atoms with van der Waals surface area (Å²) in [6.45, 7) is 4.10. The number of rotatable bonds is 4. The second-order valence-corrected chi connectivity index (χ2v) is 12.4. The smallest absolute Gasteiger partial charge is 0.390 e. The van der Waals surface area contributed by atoms with Crippen molar-refractivity contribution in [2.24, 2.45) is 39.9 Å². The molecular formula is C22H30FO8P. The van der Waals surface area contributed by atoms with Crippen LogP contribution in [0, 0.1) is 39.9 Å². The number of halogens is 1. The zero-order valence-corrected chi connectivity index (χ0v) is 19.2. The monoisotopic (exact) mass is 472 g/mol. The van der Waals surface area contributed by atoms with Gasteiger partial charge in [0.05, 0.1) is 6.10 Å². The standard InChI is InChI=1S/C22H30FO8P/c1-11-8-13-12-4-6-20-7-5-14(24)17(20)19(20,3)21(12,23)15(25)9-18(13,2)22(11,27)16(26)10-31-32(28,29)30/h5,7,11-13,15,17,25,27H,4,6,8-10H2,1-3H3,(H2,28,29,30)/t11-,12-,13-,15-,17?,18-,19-,20?,21-,22-/m0/s1. The third kappa shape index (κ3) is 2.24. The topological polar surface area (TPSA) is 141 Å². The fraction of sp³-hybridized carbons (Fsp3) is 0.818. The highest BCUT2D eigenvalue weighted by molar-refractivity contribution is 7.46. The number of hydrogen-bond donors (Lipinski definition) is 4. The molecule has 5 rings (SSSR count). The van der Waals surface area contributed by atoms with Crippen molar-refractivity contribution in [2.45, 2.75) is 63.8 Å². The van der Waals surface area contributed by atoms with Crippen molar-refractivity contribution in [1.29, 1.82) is 0 Å². The van der Waals surface area contributed by atoms with Gasteiger partial charge in [-0.15, -0.1) is 0 Å². The summed E-state index contributed by atoms with van der Waals surface area (Å²) in [7, 11) is -4.92. The van der Waals surface area contributed by atoms with Gasteiger partial charge in [-0.25, -0.2) is 8.96 Å². The van der Waals surface area contributed by atoms with E-state index < -0.39 is 77.5 Å². The van der Waals surface area contributed by atoms with Crippen molar-refractivity contribution in [1.82, 2.24) is 0 Å². The summed E-state index contributed by atoms with van der Waals surface area (Å²) in [6, 6.07) is 0. The molecule has 2 unspecified atom stereocenters. The first-order valence-corrected chi connectivity index (χ1v) is 12.7. The Morgan fingerprint density at radius 3 is 2.59 bits per heavy atom. The Hall–Kier alpha value is -0.960. The van der Waals surface area contributed by atoms with Gasteiger partial charge in [0.2, 0.25) is 0 Å². The van der Waals surface area contributed by atoms with Crippen LogP contribution in [0.3, 0.4) is 0 Å². The molecule has 4 fully saturated rings. The quantitative estimate of drug-likeness (QED) is 0.453. The second kappa shape index (κ2) is 6.18. The van der Waals surface area contributed by atoms with Crippen LogP contribution in [0.5, 0.6) is 0 Å². The molecule has 10 atom stereocenters. The minimum Gasteiger partial charge on any atom is -0.390 e. The molecule has 0 radical (unpaired) electrons. The number of aliphatic hydroxyl groups excluding tert-OH is 1. The Bertz CT molecular complexity index is 994. The Balaban J connectivity index is 1.53. The lowest BCUT2D eigenvalue weighted by Crippen LogP contribution is -2.68. The highest BCUT2D eigenvalue weighted by Gasteiger charge is 2.90. The van der Waals surface area contributed by atoms with Crippen molar-refractivity contribution >= 4 is 19.4 Å². The first kappa shape index (κ1) is 22.8. The lowest BCUT2D eigenvalue weighted by atomic mass is 9.47. The van der Waals surface area contributed by atoms with Crippen LogP contribution in [0.2, 0.25) is 0 Å². The summed E-state index contributed by atoms with van der Waals surface area (Å²) in [5.74, 6) is -3.18. The Kier molecular flexibility index (Phi) is 4.40. The molecule has 0 heterocycles. The molecule has 0 amide bonds. The van der Waals surface area contributed by atoms with E-state index in [9.17, 15) is 24.4 Å². The highest BCUT2D eigenvalue weighted by Crippen LogP contribution is 2.86. The van der Waals surface area contributed by atoms with E-state index in [4.69, 9.17) is 9.79 Å².